The van der Waals surface area contributed by atoms with Gasteiger partial charge in [0.05, 0.1) is 0 Å². The molecule has 1 N–H and O–H groups in total. The number of nitrogens with zero attached hydrogens (tertiary/aromatic N) is 1. The molecule has 2 unspecified atom stereocenters. The second-order valence-corrected chi connectivity index (χ2v) is 5.76. The highest BCUT2D eigenvalue weighted by atomic mass is 15.1. The van der Waals surface area contributed by atoms with Gasteiger partial charge in [-0.25, -0.2) is 0 Å². The summed E-state index contributed by atoms with van der Waals surface area (Å²) in [7, 11) is 2.22. The molecule has 2 heteroatoms. The van der Waals surface area contributed by atoms with Crippen LogP contribution >= 0.6 is 0 Å². The number of nitrogens with one attached hydrogen (secondary N) is 1. The molecule has 0 spiro atoms. The molecule has 2 atom stereocenters. The van der Waals surface area contributed by atoms with Crippen molar-refractivity contribution in [2.75, 3.05) is 25.0 Å². The van der Waals surface area contributed by atoms with Crippen molar-refractivity contribution in [3.8, 4) is 0 Å². The van der Waals surface area contributed by atoms with Crippen LogP contribution in [-0.2, 0) is 6.42 Å². The zero-order valence-corrected chi connectivity index (χ0v) is 12.7. The highest BCUT2D eigenvalue weighted by molar-refractivity contribution is 5.47. The first-order valence-corrected chi connectivity index (χ1v) is 7.78. The van der Waals surface area contributed by atoms with Crippen LogP contribution in [0.5, 0.6) is 0 Å². The zero-order chi connectivity index (χ0) is 13.7. The van der Waals surface area contributed by atoms with Crippen LogP contribution < -0.4 is 10.2 Å². The van der Waals surface area contributed by atoms with E-state index in [1.165, 1.54) is 37.1 Å². The van der Waals surface area contributed by atoms with Gasteiger partial charge in [-0.3, -0.25) is 0 Å². The van der Waals surface area contributed by atoms with Gasteiger partial charge in [0.25, 0.3) is 0 Å². The van der Waals surface area contributed by atoms with Crippen molar-refractivity contribution in [1.82, 2.24) is 5.32 Å². The highest BCUT2D eigenvalue weighted by Gasteiger charge is 2.27. The highest BCUT2D eigenvalue weighted by Crippen LogP contribution is 2.27. The molecule has 106 valence electrons. The molecule has 0 heterocycles. The number of anilines is 1. The fourth-order valence-electron chi connectivity index (χ4n) is 3.23. The van der Waals surface area contributed by atoms with Crippen LogP contribution in [-0.4, -0.2) is 26.2 Å². The maximum atomic E-state index is 3.64. The minimum atomic E-state index is 0.724. The second kappa shape index (κ2) is 6.95. The summed E-state index contributed by atoms with van der Waals surface area (Å²) < 4.78 is 0. The average molecular weight is 260 g/mol. The normalized spacial score (nSPS) is 22.7. The summed E-state index contributed by atoms with van der Waals surface area (Å²) >= 11 is 0. The summed E-state index contributed by atoms with van der Waals surface area (Å²) in [5.74, 6) is 0.802. The second-order valence-electron chi connectivity index (χ2n) is 5.76. The van der Waals surface area contributed by atoms with E-state index >= 15 is 0 Å². The number of benzene rings is 1. The van der Waals surface area contributed by atoms with Crippen LogP contribution in [0.25, 0.3) is 0 Å². The van der Waals surface area contributed by atoms with Crippen molar-refractivity contribution in [2.24, 2.45) is 5.92 Å². The van der Waals surface area contributed by atoms with Gasteiger partial charge >= 0.3 is 0 Å². The molecule has 0 saturated heterocycles. The Morgan fingerprint density at radius 2 is 1.89 bits per heavy atom. The Balaban J connectivity index is 1.93. The summed E-state index contributed by atoms with van der Waals surface area (Å²) in [5.41, 5.74) is 2.77. The number of hydrogen-bond acceptors (Lipinski definition) is 2. The van der Waals surface area contributed by atoms with Crippen molar-refractivity contribution in [2.45, 2.75) is 45.6 Å². The molecular weight excluding hydrogens is 232 g/mol. The number of hydrogen-bond donors (Lipinski definition) is 1. The summed E-state index contributed by atoms with van der Waals surface area (Å²) in [6, 6.07) is 9.75. The molecule has 1 aromatic carbocycles. The fraction of sp³-hybridized carbons (Fsp3) is 0.647. The molecule has 2 rings (SSSR count). The number of aryl methyl sites for hydroxylation is 1. The molecule has 0 aromatic heterocycles. The molecule has 1 saturated carbocycles. The molecule has 0 radical (unpaired) electrons. The molecule has 1 fully saturated rings. The maximum Gasteiger partial charge on any atom is 0.0363 e. The maximum absolute atomic E-state index is 3.64. The van der Waals surface area contributed by atoms with E-state index in [-0.39, 0.29) is 0 Å². The predicted molar refractivity (Wildman–Crippen MR) is 83.9 cm³/mol. The van der Waals surface area contributed by atoms with E-state index in [0.717, 1.165) is 24.9 Å². The van der Waals surface area contributed by atoms with Crippen molar-refractivity contribution in [3.05, 3.63) is 29.8 Å². The first kappa shape index (κ1) is 14.4. The van der Waals surface area contributed by atoms with Gasteiger partial charge in [-0.15, -0.1) is 0 Å². The van der Waals surface area contributed by atoms with Gasteiger partial charge in [0.15, 0.2) is 0 Å². The van der Waals surface area contributed by atoms with Crippen molar-refractivity contribution < 1.29 is 0 Å². The fourth-order valence-corrected chi connectivity index (χ4v) is 3.23. The SMILES string of the molecule is CCNC1CCCC1CN(C)c1ccc(CC)cc1. The van der Waals surface area contributed by atoms with Gasteiger partial charge in [0.1, 0.15) is 0 Å². The minimum Gasteiger partial charge on any atom is -0.374 e. The summed E-state index contributed by atoms with van der Waals surface area (Å²) in [6.45, 7) is 6.68. The van der Waals surface area contributed by atoms with Gasteiger partial charge in [0.2, 0.25) is 0 Å². The Morgan fingerprint density at radius 1 is 1.16 bits per heavy atom. The number of rotatable bonds is 6. The lowest BCUT2D eigenvalue weighted by Gasteiger charge is -2.27. The lowest BCUT2D eigenvalue weighted by atomic mass is 10.0. The molecule has 0 bridgehead atoms. The van der Waals surface area contributed by atoms with Crippen LogP contribution in [0.1, 0.15) is 38.7 Å². The third-order valence-corrected chi connectivity index (χ3v) is 4.42. The van der Waals surface area contributed by atoms with Gasteiger partial charge in [-0.2, -0.15) is 0 Å². The largest absolute Gasteiger partial charge is 0.374 e. The van der Waals surface area contributed by atoms with Crippen LogP contribution in [0.4, 0.5) is 5.69 Å². The van der Waals surface area contributed by atoms with E-state index < -0.39 is 0 Å². The third kappa shape index (κ3) is 3.73. The summed E-state index contributed by atoms with van der Waals surface area (Å²) in [6.07, 6.45) is 5.22. The molecule has 0 aliphatic heterocycles. The Morgan fingerprint density at radius 3 is 2.53 bits per heavy atom. The van der Waals surface area contributed by atoms with E-state index in [9.17, 15) is 0 Å². The van der Waals surface area contributed by atoms with E-state index in [1.54, 1.807) is 0 Å². The monoisotopic (exact) mass is 260 g/mol. The topological polar surface area (TPSA) is 15.3 Å². The van der Waals surface area contributed by atoms with Crippen LogP contribution in [0.2, 0.25) is 0 Å². The van der Waals surface area contributed by atoms with Crippen LogP contribution in [0.15, 0.2) is 24.3 Å². The quantitative estimate of drug-likeness (QED) is 0.842. The smallest absolute Gasteiger partial charge is 0.0363 e. The summed E-state index contributed by atoms with van der Waals surface area (Å²) in [5, 5.41) is 3.64. The molecule has 0 amide bonds. The Kier molecular flexibility index (Phi) is 5.26. The lowest BCUT2D eigenvalue weighted by molar-refractivity contribution is 0.411. The van der Waals surface area contributed by atoms with E-state index in [0.29, 0.717) is 0 Å². The molecule has 1 aliphatic carbocycles. The Labute approximate surface area is 118 Å². The van der Waals surface area contributed by atoms with E-state index in [4.69, 9.17) is 0 Å². The van der Waals surface area contributed by atoms with Crippen molar-refractivity contribution >= 4 is 5.69 Å². The molecule has 2 nitrogen and oxygen atoms in total. The Bertz CT molecular complexity index is 371. The van der Waals surface area contributed by atoms with Crippen molar-refractivity contribution in [1.29, 1.82) is 0 Å². The van der Waals surface area contributed by atoms with Gasteiger partial charge in [-0.1, -0.05) is 32.4 Å². The van der Waals surface area contributed by atoms with Crippen LogP contribution in [0.3, 0.4) is 0 Å². The first-order chi connectivity index (χ1) is 9.24. The molecule has 19 heavy (non-hydrogen) atoms. The molecule has 1 aromatic rings. The first-order valence-electron chi connectivity index (χ1n) is 7.78. The Hall–Kier alpha value is -1.02. The molecular formula is C17H28N2. The van der Waals surface area contributed by atoms with E-state index in [1.807, 2.05) is 0 Å². The third-order valence-electron chi connectivity index (χ3n) is 4.42. The van der Waals surface area contributed by atoms with Gasteiger partial charge in [-0.05, 0) is 49.4 Å². The van der Waals surface area contributed by atoms with Crippen LogP contribution in [0, 0.1) is 5.92 Å². The van der Waals surface area contributed by atoms with Crippen molar-refractivity contribution in [3.63, 3.8) is 0 Å². The average Bonchev–Trinajstić information content (AvgIpc) is 2.86. The molecule has 1 aliphatic rings. The van der Waals surface area contributed by atoms with Gasteiger partial charge < -0.3 is 10.2 Å². The van der Waals surface area contributed by atoms with Gasteiger partial charge in [0, 0.05) is 25.3 Å². The van der Waals surface area contributed by atoms with E-state index in [2.05, 4.69) is 55.4 Å². The summed E-state index contributed by atoms with van der Waals surface area (Å²) in [4.78, 5) is 2.42. The predicted octanol–water partition coefficient (Wildman–Crippen LogP) is 3.46. The zero-order valence-electron chi connectivity index (χ0n) is 12.7. The standard InChI is InChI=1S/C17H28N2/c1-4-14-9-11-16(12-10-14)19(3)13-15-7-6-8-17(15)18-5-2/h9-12,15,17-18H,4-8,13H2,1-3H3. The minimum absolute atomic E-state index is 0.724. The lowest BCUT2D eigenvalue weighted by Crippen LogP contribution is -2.38.